The van der Waals surface area contributed by atoms with Crippen molar-refractivity contribution in [2.45, 2.75) is 46.1 Å². The van der Waals surface area contributed by atoms with Gasteiger partial charge in [0.2, 0.25) is 0 Å². The summed E-state index contributed by atoms with van der Waals surface area (Å²) in [6.07, 6.45) is 5.46. The summed E-state index contributed by atoms with van der Waals surface area (Å²) in [6.45, 7) is 8.19. The van der Waals surface area contributed by atoms with Crippen molar-refractivity contribution in [3.8, 4) is 0 Å². The second-order valence-corrected chi connectivity index (χ2v) is 4.94. The zero-order chi connectivity index (χ0) is 12.3. The van der Waals surface area contributed by atoms with Crippen molar-refractivity contribution >= 4 is 5.78 Å². The standard InChI is InChI=1S/C14H22O2/c1-10(2)6-9-13(15)14(16-5)11(3)7-8-12(14)4/h7-8,10H,6,9H2,1-5H3. The summed E-state index contributed by atoms with van der Waals surface area (Å²) in [5.74, 6) is 0.733. The van der Waals surface area contributed by atoms with E-state index in [2.05, 4.69) is 13.8 Å². The molecule has 16 heavy (non-hydrogen) atoms. The summed E-state index contributed by atoms with van der Waals surface area (Å²) in [5.41, 5.74) is 1.23. The normalized spacial score (nSPS) is 18.6. The number of carbonyl (C=O) groups excluding carboxylic acids is 1. The molecule has 0 atom stereocenters. The number of ketones is 1. The minimum atomic E-state index is -0.769. The van der Waals surface area contributed by atoms with Crippen LogP contribution in [-0.2, 0) is 9.53 Å². The van der Waals surface area contributed by atoms with Crippen molar-refractivity contribution < 1.29 is 9.53 Å². The fourth-order valence-corrected chi connectivity index (χ4v) is 2.27. The van der Waals surface area contributed by atoms with Crippen molar-refractivity contribution in [3.05, 3.63) is 23.3 Å². The lowest BCUT2D eigenvalue weighted by molar-refractivity contribution is -0.133. The molecule has 0 saturated heterocycles. The molecule has 1 aliphatic rings. The second-order valence-electron chi connectivity index (χ2n) is 4.94. The highest BCUT2D eigenvalue weighted by molar-refractivity contribution is 5.95. The van der Waals surface area contributed by atoms with Crippen LogP contribution in [0.25, 0.3) is 0 Å². The van der Waals surface area contributed by atoms with Gasteiger partial charge < -0.3 is 4.74 Å². The lowest BCUT2D eigenvalue weighted by atomic mass is 9.84. The minimum absolute atomic E-state index is 0.184. The van der Waals surface area contributed by atoms with Crippen molar-refractivity contribution in [2.24, 2.45) is 5.92 Å². The predicted octanol–water partition coefficient (Wildman–Crippen LogP) is 3.28. The van der Waals surface area contributed by atoms with E-state index in [9.17, 15) is 4.79 Å². The summed E-state index contributed by atoms with van der Waals surface area (Å²) in [4.78, 5) is 12.3. The first-order chi connectivity index (χ1) is 7.45. The maximum atomic E-state index is 12.3. The van der Waals surface area contributed by atoms with Crippen LogP contribution < -0.4 is 0 Å². The lowest BCUT2D eigenvalue weighted by Crippen LogP contribution is -2.41. The van der Waals surface area contributed by atoms with Gasteiger partial charge in [-0.05, 0) is 37.3 Å². The van der Waals surface area contributed by atoms with Gasteiger partial charge in [-0.15, -0.1) is 0 Å². The number of rotatable bonds is 5. The molecule has 2 nitrogen and oxygen atoms in total. The highest BCUT2D eigenvalue weighted by atomic mass is 16.5. The van der Waals surface area contributed by atoms with Gasteiger partial charge in [0, 0.05) is 13.5 Å². The van der Waals surface area contributed by atoms with Gasteiger partial charge in [0.25, 0.3) is 0 Å². The number of allylic oxidation sites excluding steroid dienone is 2. The Labute approximate surface area is 98.4 Å². The molecule has 0 amide bonds. The van der Waals surface area contributed by atoms with E-state index in [1.54, 1.807) is 7.11 Å². The van der Waals surface area contributed by atoms with Crippen LogP contribution in [0.1, 0.15) is 40.5 Å². The van der Waals surface area contributed by atoms with Gasteiger partial charge in [-0.2, -0.15) is 0 Å². The second kappa shape index (κ2) is 4.96. The smallest absolute Gasteiger partial charge is 0.173 e. The number of carbonyl (C=O) groups is 1. The van der Waals surface area contributed by atoms with Gasteiger partial charge in [-0.1, -0.05) is 26.0 Å². The number of methoxy groups -OCH3 is 1. The van der Waals surface area contributed by atoms with Crippen molar-refractivity contribution in [1.29, 1.82) is 0 Å². The van der Waals surface area contributed by atoms with Crippen molar-refractivity contribution in [1.82, 2.24) is 0 Å². The summed E-state index contributed by atoms with van der Waals surface area (Å²) in [7, 11) is 1.62. The molecular weight excluding hydrogens is 200 g/mol. The molecule has 0 heterocycles. The highest BCUT2D eigenvalue weighted by Crippen LogP contribution is 2.36. The van der Waals surface area contributed by atoms with Crippen LogP contribution in [0.5, 0.6) is 0 Å². The van der Waals surface area contributed by atoms with Crippen LogP contribution in [0.3, 0.4) is 0 Å². The Morgan fingerprint density at radius 3 is 2.19 bits per heavy atom. The van der Waals surface area contributed by atoms with Crippen LogP contribution >= 0.6 is 0 Å². The molecule has 0 unspecified atom stereocenters. The fourth-order valence-electron chi connectivity index (χ4n) is 2.27. The first-order valence-electron chi connectivity index (χ1n) is 5.89. The predicted molar refractivity (Wildman–Crippen MR) is 66.3 cm³/mol. The fraction of sp³-hybridized carbons (Fsp3) is 0.643. The molecule has 0 aromatic rings. The average molecular weight is 222 g/mol. The van der Waals surface area contributed by atoms with Gasteiger partial charge in [0.15, 0.2) is 11.4 Å². The highest BCUT2D eigenvalue weighted by Gasteiger charge is 2.43. The SMILES string of the molecule is COC1(C(=O)CCC(C)C)C(C)=CC=C1C. The van der Waals surface area contributed by atoms with Gasteiger partial charge in [0.1, 0.15) is 0 Å². The molecule has 0 saturated carbocycles. The first kappa shape index (κ1) is 13.2. The van der Waals surface area contributed by atoms with E-state index >= 15 is 0 Å². The van der Waals surface area contributed by atoms with Crippen LogP contribution in [0, 0.1) is 5.92 Å². The third-order valence-corrected chi connectivity index (χ3v) is 3.34. The quantitative estimate of drug-likeness (QED) is 0.713. The molecule has 0 fully saturated rings. The van der Waals surface area contributed by atoms with Crippen molar-refractivity contribution in [2.75, 3.05) is 7.11 Å². The number of Topliss-reactive ketones (excluding diaryl/α,β-unsaturated/α-hetero) is 1. The number of hydrogen-bond acceptors (Lipinski definition) is 2. The Morgan fingerprint density at radius 1 is 1.31 bits per heavy atom. The molecule has 0 bridgehead atoms. The van der Waals surface area contributed by atoms with Gasteiger partial charge in [0.05, 0.1) is 0 Å². The van der Waals surface area contributed by atoms with E-state index < -0.39 is 5.60 Å². The summed E-state index contributed by atoms with van der Waals surface area (Å²) >= 11 is 0. The zero-order valence-corrected chi connectivity index (χ0v) is 11.0. The van der Waals surface area contributed by atoms with Crippen LogP contribution in [0.2, 0.25) is 0 Å². The third kappa shape index (κ3) is 2.12. The monoisotopic (exact) mass is 222 g/mol. The molecule has 0 N–H and O–H groups in total. The minimum Gasteiger partial charge on any atom is -0.362 e. The van der Waals surface area contributed by atoms with Crippen molar-refractivity contribution in [3.63, 3.8) is 0 Å². The Bertz CT molecular complexity index is 317. The molecule has 1 rings (SSSR count). The van der Waals surface area contributed by atoms with Crippen LogP contribution in [0.4, 0.5) is 0 Å². The summed E-state index contributed by atoms with van der Waals surface area (Å²) in [5, 5.41) is 0. The largest absolute Gasteiger partial charge is 0.362 e. The molecule has 1 aliphatic carbocycles. The molecule has 90 valence electrons. The van der Waals surface area contributed by atoms with Crippen LogP contribution in [0.15, 0.2) is 23.3 Å². The first-order valence-corrected chi connectivity index (χ1v) is 5.89. The van der Waals surface area contributed by atoms with E-state index in [1.165, 1.54) is 0 Å². The topological polar surface area (TPSA) is 26.3 Å². The molecule has 0 radical (unpaired) electrons. The van der Waals surface area contributed by atoms with Gasteiger partial charge in [-0.3, -0.25) is 4.79 Å². The van der Waals surface area contributed by atoms with Crippen LogP contribution in [-0.4, -0.2) is 18.5 Å². The Balaban J connectivity index is 2.85. The van der Waals surface area contributed by atoms with Gasteiger partial charge in [-0.25, -0.2) is 0 Å². The van der Waals surface area contributed by atoms with E-state index in [0.29, 0.717) is 12.3 Å². The maximum Gasteiger partial charge on any atom is 0.173 e. The summed E-state index contributed by atoms with van der Waals surface area (Å²) in [6, 6.07) is 0. The molecule has 2 heteroatoms. The molecule has 0 aromatic carbocycles. The van der Waals surface area contributed by atoms with E-state index in [4.69, 9.17) is 4.74 Å². The Morgan fingerprint density at radius 2 is 1.81 bits per heavy atom. The zero-order valence-electron chi connectivity index (χ0n) is 11.0. The molecule has 0 aliphatic heterocycles. The number of ether oxygens (including phenoxy) is 1. The average Bonchev–Trinajstić information content (AvgIpc) is 2.52. The lowest BCUT2D eigenvalue weighted by Gasteiger charge is -2.30. The van der Waals surface area contributed by atoms with Gasteiger partial charge >= 0.3 is 0 Å². The van der Waals surface area contributed by atoms with E-state index in [0.717, 1.165) is 17.6 Å². The Hall–Kier alpha value is -0.890. The third-order valence-electron chi connectivity index (χ3n) is 3.34. The maximum absolute atomic E-state index is 12.3. The Kier molecular flexibility index (Phi) is 4.09. The molecule has 0 aromatic heterocycles. The molecule has 0 spiro atoms. The summed E-state index contributed by atoms with van der Waals surface area (Å²) < 4.78 is 5.53. The molecular formula is C14H22O2. The number of hydrogen-bond donors (Lipinski definition) is 0. The van der Waals surface area contributed by atoms with E-state index in [1.807, 2.05) is 26.0 Å². The van der Waals surface area contributed by atoms with E-state index in [-0.39, 0.29) is 5.78 Å².